The van der Waals surface area contributed by atoms with Crippen LogP contribution in [0.1, 0.15) is 12.2 Å². The van der Waals surface area contributed by atoms with Crippen LogP contribution in [0.4, 0.5) is 5.82 Å². The number of aromatic nitrogens is 1. The quantitative estimate of drug-likeness (QED) is 0.557. The molecule has 0 aliphatic carbocycles. The molecule has 1 aromatic heterocycles. The van der Waals surface area contributed by atoms with E-state index in [9.17, 15) is 23.1 Å². The van der Waals surface area contributed by atoms with Crippen molar-refractivity contribution in [3.8, 4) is 11.5 Å². The molecule has 12 nitrogen and oxygen atoms in total. The first-order valence-electron chi connectivity index (χ1n) is 9.73. The van der Waals surface area contributed by atoms with E-state index in [2.05, 4.69) is 10.5 Å². The second kappa shape index (κ2) is 8.76. The van der Waals surface area contributed by atoms with Crippen LogP contribution >= 0.6 is 0 Å². The van der Waals surface area contributed by atoms with Crippen molar-refractivity contribution in [3.63, 3.8) is 0 Å². The number of nitrogens with one attached hydrogen (secondary N) is 1. The molecule has 0 bridgehead atoms. The van der Waals surface area contributed by atoms with Crippen molar-refractivity contribution in [1.29, 1.82) is 0 Å². The molecule has 172 valence electrons. The lowest BCUT2D eigenvalue weighted by Crippen LogP contribution is -2.42. The summed E-state index contributed by atoms with van der Waals surface area (Å²) in [7, 11) is -4.17. The Kier molecular flexibility index (Phi) is 6.04. The Hall–Kier alpha value is -3.16. The van der Waals surface area contributed by atoms with Crippen molar-refractivity contribution in [2.24, 2.45) is 0 Å². The van der Waals surface area contributed by atoms with Crippen LogP contribution in [0, 0.1) is 6.92 Å². The summed E-state index contributed by atoms with van der Waals surface area (Å²) < 4.78 is 47.9. The molecule has 2 atom stereocenters. The fourth-order valence-corrected chi connectivity index (χ4v) is 5.06. The number of benzene rings is 1. The molecule has 1 saturated heterocycles. The lowest BCUT2D eigenvalue weighted by atomic mass is 10.2. The number of carbonyl (C=O) groups is 2. The Bertz CT molecular complexity index is 1130. The first kappa shape index (κ1) is 22.0. The van der Waals surface area contributed by atoms with Gasteiger partial charge in [0.1, 0.15) is 25.0 Å². The van der Waals surface area contributed by atoms with E-state index in [1.54, 1.807) is 6.92 Å². The molecule has 1 amide bonds. The second-order valence-corrected chi connectivity index (χ2v) is 9.15. The smallest absolute Gasteiger partial charge is 0.325 e. The number of carbonyl (C=O) groups excluding carboxylic acids is 2. The highest BCUT2D eigenvalue weighted by atomic mass is 32.2. The first-order valence-corrected chi connectivity index (χ1v) is 11.2. The minimum absolute atomic E-state index is 0.118. The zero-order valence-corrected chi connectivity index (χ0v) is 17.8. The molecule has 13 heteroatoms. The van der Waals surface area contributed by atoms with Crippen molar-refractivity contribution in [2.45, 2.75) is 30.4 Å². The zero-order chi connectivity index (χ0) is 22.9. The van der Waals surface area contributed by atoms with E-state index < -0.39 is 40.7 Å². The van der Waals surface area contributed by atoms with Gasteiger partial charge in [-0.15, -0.1) is 0 Å². The van der Waals surface area contributed by atoms with E-state index in [0.717, 1.165) is 4.31 Å². The number of hydrogen-bond donors (Lipinski definition) is 2. The van der Waals surface area contributed by atoms with Gasteiger partial charge in [-0.2, -0.15) is 4.31 Å². The number of amides is 1. The monoisotopic (exact) mass is 467 g/mol. The van der Waals surface area contributed by atoms with Gasteiger partial charge in [-0.05, 0) is 19.1 Å². The van der Waals surface area contributed by atoms with Gasteiger partial charge in [-0.1, -0.05) is 5.16 Å². The van der Waals surface area contributed by atoms with E-state index in [1.807, 2.05) is 0 Å². The Morgan fingerprint density at radius 1 is 1.25 bits per heavy atom. The van der Waals surface area contributed by atoms with Gasteiger partial charge in [-0.25, -0.2) is 8.42 Å². The maximum atomic E-state index is 13.2. The maximum absolute atomic E-state index is 13.2. The number of aliphatic hydroxyl groups is 1. The third kappa shape index (κ3) is 4.54. The highest BCUT2D eigenvalue weighted by molar-refractivity contribution is 7.89. The molecular weight excluding hydrogens is 446 g/mol. The minimum Gasteiger partial charge on any atom is -0.486 e. The highest BCUT2D eigenvalue weighted by Gasteiger charge is 2.44. The number of aliphatic hydroxyl groups excluding tert-OH is 1. The molecule has 2 aromatic rings. The lowest BCUT2D eigenvalue weighted by Gasteiger charge is -2.24. The number of nitrogens with zero attached hydrogens (tertiary/aromatic N) is 2. The van der Waals surface area contributed by atoms with Gasteiger partial charge < -0.3 is 29.2 Å². The summed E-state index contributed by atoms with van der Waals surface area (Å²) in [6, 6.07) is 4.31. The number of rotatable bonds is 6. The molecular formula is C19H21N3O9S. The number of sulfonamides is 1. The average molecular weight is 467 g/mol. The van der Waals surface area contributed by atoms with Crippen molar-refractivity contribution < 1.29 is 41.8 Å². The molecule has 2 aliphatic heterocycles. The van der Waals surface area contributed by atoms with Crippen LogP contribution in [0.3, 0.4) is 0 Å². The summed E-state index contributed by atoms with van der Waals surface area (Å²) >= 11 is 0. The van der Waals surface area contributed by atoms with Crippen molar-refractivity contribution in [2.75, 3.05) is 31.7 Å². The summed E-state index contributed by atoms with van der Waals surface area (Å²) in [6.07, 6.45) is -1.22. The Morgan fingerprint density at radius 3 is 2.72 bits per heavy atom. The molecule has 1 fully saturated rings. The van der Waals surface area contributed by atoms with Crippen LogP contribution in [-0.4, -0.2) is 73.4 Å². The maximum Gasteiger partial charge on any atom is 0.325 e. The summed E-state index contributed by atoms with van der Waals surface area (Å²) in [5.41, 5.74) is 0. The number of anilines is 1. The number of hydrogen-bond acceptors (Lipinski definition) is 10. The van der Waals surface area contributed by atoms with Crippen LogP contribution < -0.4 is 14.8 Å². The van der Waals surface area contributed by atoms with Gasteiger partial charge in [0.05, 0.1) is 11.0 Å². The third-order valence-electron chi connectivity index (χ3n) is 4.87. The van der Waals surface area contributed by atoms with Gasteiger partial charge in [0.25, 0.3) is 5.91 Å². The highest BCUT2D eigenvalue weighted by Crippen LogP contribution is 2.35. The topological polar surface area (TPSA) is 158 Å². The van der Waals surface area contributed by atoms with Crippen LogP contribution in [0.2, 0.25) is 0 Å². The molecule has 32 heavy (non-hydrogen) atoms. The third-order valence-corrected chi connectivity index (χ3v) is 6.74. The molecule has 0 spiro atoms. The van der Waals surface area contributed by atoms with Crippen LogP contribution in [0.15, 0.2) is 33.7 Å². The van der Waals surface area contributed by atoms with E-state index in [1.165, 1.54) is 24.3 Å². The SMILES string of the molecule is Cc1cc(NC(=O)COC(=O)[C@@H]2C[C@@H](O)CN2S(=O)(=O)c2ccc3c(c2)OCCO3)no1. The number of aryl methyl sites for hydroxylation is 1. The van der Waals surface area contributed by atoms with E-state index in [4.69, 9.17) is 18.7 Å². The molecule has 0 unspecified atom stereocenters. The summed E-state index contributed by atoms with van der Waals surface area (Å²) in [6.45, 7) is 1.33. The minimum atomic E-state index is -4.17. The molecule has 0 saturated carbocycles. The van der Waals surface area contributed by atoms with Crippen molar-refractivity contribution in [1.82, 2.24) is 9.46 Å². The predicted molar refractivity (Wildman–Crippen MR) is 107 cm³/mol. The van der Waals surface area contributed by atoms with E-state index in [-0.39, 0.29) is 36.0 Å². The van der Waals surface area contributed by atoms with Gasteiger partial charge >= 0.3 is 5.97 Å². The van der Waals surface area contributed by atoms with E-state index >= 15 is 0 Å². The summed E-state index contributed by atoms with van der Waals surface area (Å²) in [5.74, 6) is -0.294. The van der Waals surface area contributed by atoms with Gasteiger partial charge in [-0.3, -0.25) is 9.59 Å². The van der Waals surface area contributed by atoms with Gasteiger partial charge in [0.15, 0.2) is 23.9 Å². The predicted octanol–water partition coefficient (Wildman–Crippen LogP) is 0.0600. The first-order chi connectivity index (χ1) is 15.2. The molecule has 4 rings (SSSR count). The number of ether oxygens (including phenoxy) is 3. The molecule has 3 heterocycles. The summed E-state index contributed by atoms with van der Waals surface area (Å²) in [4.78, 5) is 24.4. The lowest BCUT2D eigenvalue weighted by molar-refractivity contribution is -0.150. The molecule has 0 radical (unpaired) electrons. The van der Waals surface area contributed by atoms with Crippen LogP contribution in [0.5, 0.6) is 11.5 Å². The Morgan fingerprint density at radius 2 is 2.00 bits per heavy atom. The van der Waals surface area contributed by atoms with Crippen LogP contribution in [-0.2, 0) is 24.3 Å². The normalized spacial score (nSPS) is 20.7. The Balaban J connectivity index is 1.45. The van der Waals surface area contributed by atoms with Crippen molar-refractivity contribution in [3.05, 3.63) is 30.0 Å². The fraction of sp³-hybridized carbons (Fsp3) is 0.421. The number of fused-ring (bicyclic) bond motifs is 1. The van der Waals surface area contributed by atoms with Gasteiger partial charge in [0, 0.05) is 25.1 Å². The standard InChI is InChI=1S/C19H21N3O9S/c1-11-6-17(21-31-11)20-18(24)10-30-19(25)14-7-12(23)9-22(14)32(26,27)13-2-3-15-16(8-13)29-5-4-28-15/h2-3,6,8,12,14,23H,4-5,7,9-10H2,1H3,(H,20,21,24)/t12-,14+/m1/s1. The zero-order valence-electron chi connectivity index (χ0n) is 17.0. The van der Waals surface area contributed by atoms with Crippen LogP contribution in [0.25, 0.3) is 0 Å². The largest absolute Gasteiger partial charge is 0.486 e. The van der Waals surface area contributed by atoms with Gasteiger partial charge in [0.2, 0.25) is 10.0 Å². The van der Waals surface area contributed by atoms with E-state index in [0.29, 0.717) is 18.1 Å². The number of β-amino-alcohol motifs (C(OH)–C–C–N with tert-alkyl or cyclic N) is 1. The number of esters is 1. The second-order valence-electron chi connectivity index (χ2n) is 7.26. The molecule has 2 aliphatic rings. The average Bonchev–Trinajstić information content (AvgIpc) is 3.37. The summed E-state index contributed by atoms with van der Waals surface area (Å²) in [5, 5.41) is 16.0. The van der Waals surface area contributed by atoms with Crippen molar-refractivity contribution >= 4 is 27.7 Å². The fourth-order valence-electron chi connectivity index (χ4n) is 3.42. The molecule has 2 N–H and O–H groups in total. The Labute approximate surface area is 183 Å². The molecule has 1 aromatic carbocycles.